The first-order valence-electron chi connectivity index (χ1n) is 7.82. The van der Waals surface area contributed by atoms with Gasteiger partial charge in [-0.25, -0.2) is 0 Å². The molecule has 0 aromatic heterocycles. The van der Waals surface area contributed by atoms with Crippen molar-refractivity contribution in [3.63, 3.8) is 0 Å². The van der Waals surface area contributed by atoms with Crippen LogP contribution in [0.3, 0.4) is 0 Å². The number of hydrogen-bond acceptors (Lipinski definition) is 4. The number of nitrogens with one attached hydrogen (secondary N) is 1. The zero-order chi connectivity index (χ0) is 16.9. The lowest BCUT2D eigenvalue weighted by Gasteiger charge is -2.24. The normalized spacial score (nSPS) is 16.4. The largest absolute Gasteiger partial charge is 0.376 e. The van der Waals surface area contributed by atoms with Crippen molar-refractivity contribution in [1.29, 1.82) is 0 Å². The molecule has 1 heterocycles. The van der Waals surface area contributed by atoms with Crippen molar-refractivity contribution in [2.75, 3.05) is 11.4 Å². The SMILES string of the molecule is Cc1ccc(C2=NNC(CCN(C(N)=S)c3ccccc3)S2)cc1. The lowest BCUT2D eigenvalue weighted by molar-refractivity contribution is 0.655. The smallest absolute Gasteiger partial charge is 0.170 e. The van der Waals surface area contributed by atoms with E-state index in [2.05, 4.69) is 41.7 Å². The van der Waals surface area contributed by atoms with Gasteiger partial charge in [0, 0.05) is 17.8 Å². The number of nitrogens with zero attached hydrogens (tertiary/aromatic N) is 2. The first-order valence-corrected chi connectivity index (χ1v) is 9.11. The van der Waals surface area contributed by atoms with Crippen LogP contribution in [0.25, 0.3) is 0 Å². The molecule has 3 N–H and O–H groups in total. The van der Waals surface area contributed by atoms with Crippen LogP contribution >= 0.6 is 24.0 Å². The van der Waals surface area contributed by atoms with E-state index in [1.807, 2.05) is 35.2 Å². The maximum Gasteiger partial charge on any atom is 0.170 e. The van der Waals surface area contributed by atoms with E-state index in [1.54, 1.807) is 11.8 Å². The fraction of sp³-hybridized carbons (Fsp3) is 0.222. The maximum absolute atomic E-state index is 5.89. The highest BCUT2D eigenvalue weighted by Gasteiger charge is 2.21. The molecule has 3 rings (SSSR count). The molecule has 0 fully saturated rings. The predicted molar refractivity (Wildman–Crippen MR) is 107 cm³/mol. The molecule has 124 valence electrons. The molecule has 24 heavy (non-hydrogen) atoms. The summed E-state index contributed by atoms with van der Waals surface area (Å²) in [6.07, 6.45) is 0.885. The minimum Gasteiger partial charge on any atom is -0.376 e. The molecule has 1 aliphatic heterocycles. The van der Waals surface area contributed by atoms with Gasteiger partial charge >= 0.3 is 0 Å². The van der Waals surface area contributed by atoms with E-state index in [-0.39, 0.29) is 5.37 Å². The Morgan fingerprint density at radius 2 is 1.92 bits per heavy atom. The number of hydrogen-bond donors (Lipinski definition) is 2. The van der Waals surface area contributed by atoms with Crippen molar-refractivity contribution < 1.29 is 0 Å². The van der Waals surface area contributed by atoms with E-state index in [9.17, 15) is 0 Å². The number of hydrazone groups is 1. The Morgan fingerprint density at radius 3 is 2.58 bits per heavy atom. The molecule has 0 bridgehead atoms. The van der Waals surface area contributed by atoms with Gasteiger partial charge in [0.1, 0.15) is 5.04 Å². The fourth-order valence-corrected chi connectivity index (χ4v) is 3.66. The molecule has 0 saturated carbocycles. The third-order valence-electron chi connectivity index (χ3n) is 3.81. The van der Waals surface area contributed by atoms with E-state index in [4.69, 9.17) is 18.0 Å². The summed E-state index contributed by atoms with van der Waals surface area (Å²) >= 11 is 6.95. The molecule has 0 aliphatic carbocycles. The highest BCUT2D eigenvalue weighted by atomic mass is 32.2. The first kappa shape index (κ1) is 16.8. The Morgan fingerprint density at radius 1 is 1.21 bits per heavy atom. The maximum atomic E-state index is 5.89. The number of rotatable bonds is 5. The average Bonchev–Trinajstić information content (AvgIpc) is 3.05. The second-order valence-corrected chi connectivity index (χ2v) is 7.24. The summed E-state index contributed by atoms with van der Waals surface area (Å²) in [7, 11) is 0. The van der Waals surface area contributed by atoms with E-state index in [0.717, 1.165) is 29.3 Å². The summed E-state index contributed by atoms with van der Waals surface area (Å²) in [6, 6.07) is 18.4. The van der Waals surface area contributed by atoms with Gasteiger partial charge in [-0.3, -0.25) is 5.43 Å². The van der Waals surface area contributed by atoms with E-state index in [0.29, 0.717) is 5.11 Å². The van der Waals surface area contributed by atoms with Gasteiger partial charge in [0.05, 0.1) is 5.37 Å². The van der Waals surface area contributed by atoms with E-state index < -0.39 is 0 Å². The molecule has 1 atom stereocenters. The number of nitrogens with two attached hydrogens (primary N) is 1. The van der Waals surface area contributed by atoms with Crippen LogP contribution in [0.1, 0.15) is 17.5 Å². The highest BCUT2D eigenvalue weighted by Crippen LogP contribution is 2.26. The lowest BCUT2D eigenvalue weighted by atomic mass is 10.2. The summed E-state index contributed by atoms with van der Waals surface area (Å²) in [5, 5.41) is 6.11. The molecule has 0 saturated heterocycles. The Labute approximate surface area is 152 Å². The average molecular weight is 357 g/mol. The van der Waals surface area contributed by atoms with E-state index >= 15 is 0 Å². The Bertz CT molecular complexity index is 728. The number of benzene rings is 2. The molecule has 1 aliphatic rings. The van der Waals surface area contributed by atoms with Crippen molar-refractivity contribution in [1.82, 2.24) is 5.43 Å². The molecule has 1 unspecified atom stereocenters. The van der Waals surface area contributed by atoms with Gasteiger partial charge in [0.25, 0.3) is 0 Å². The number of aryl methyl sites for hydroxylation is 1. The monoisotopic (exact) mass is 356 g/mol. The zero-order valence-electron chi connectivity index (χ0n) is 13.5. The standard InChI is InChI=1S/C18H20N4S2/c1-13-7-9-14(10-8-13)17-21-20-16(24-17)11-12-22(18(19)23)15-5-3-2-4-6-15/h2-10,16,20H,11-12H2,1H3,(H2,19,23). The second-order valence-electron chi connectivity index (χ2n) is 5.63. The first-order chi connectivity index (χ1) is 11.6. The van der Waals surface area contributed by atoms with Crippen LogP contribution in [-0.4, -0.2) is 22.1 Å². The Hall–Kier alpha value is -2.05. The Kier molecular flexibility index (Phi) is 5.37. The van der Waals surface area contributed by atoms with Gasteiger partial charge in [-0.05, 0) is 37.7 Å². The minimum atomic E-state index is 0.224. The van der Waals surface area contributed by atoms with Crippen molar-refractivity contribution >= 4 is 39.8 Å². The third kappa shape index (κ3) is 4.07. The number of anilines is 1. The summed E-state index contributed by atoms with van der Waals surface area (Å²) < 4.78 is 0. The van der Waals surface area contributed by atoms with Gasteiger partial charge in [0.15, 0.2) is 5.11 Å². The van der Waals surface area contributed by atoms with Crippen LogP contribution in [0.4, 0.5) is 5.69 Å². The quantitative estimate of drug-likeness (QED) is 0.804. The number of para-hydroxylation sites is 1. The topological polar surface area (TPSA) is 53.7 Å². The molecule has 0 amide bonds. The molecular formula is C18H20N4S2. The molecule has 6 heteroatoms. The van der Waals surface area contributed by atoms with Crippen molar-refractivity contribution in [3.05, 3.63) is 65.7 Å². The van der Waals surface area contributed by atoms with E-state index in [1.165, 1.54) is 5.56 Å². The van der Waals surface area contributed by atoms with Crippen molar-refractivity contribution in [2.24, 2.45) is 10.8 Å². The van der Waals surface area contributed by atoms with Crippen LogP contribution in [0, 0.1) is 6.92 Å². The molecule has 2 aromatic carbocycles. The van der Waals surface area contributed by atoms with Crippen LogP contribution in [-0.2, 0) is 0 Å². The molecule has 0 spiro atoms. The summed E-state index contributed by atoms with van der Waals surface area (Å²) in [5.41, 5.74) is 12.5. The third-order valence-corrected chi connectivity index (χ3v) is 5.21. The zero-order valence-corrected chi connectivity index (χ0v) is 15.1. The number of thiocarbonyl (C=S) groups is 1. The van der Waals surface area contributed by atoms with Crippen LogP contribution in [0.15, 0.2) is 59.7 Å². The van der Waals surface area contributed by atoms with Gasteiger partial charge in [-0.1, -0.05) is 59.8 Å². The van der Waals surface area contributed by atoms with Crippen LogP contribution < -0.4 is 16.1 Å². The highest BCUT2D eigenvalue weighted by molar-refractivity contribution is 8.15. The predicted octanol–water partition coefficient (Wildman–Crippen LogP) is 3.46. The summed E-state index contributed by atoms with van der Waals surface area (Å²) in [5.74, 6) is 0. The molecule has 4 nitrogen and oxygen atoms in total. The van der Waals surface area contributed by atoms with Gasteiger partial charge in [0.2, 0.25) is 0 Å². The van der Waals surface area contributed by atoms with Gasteiger partial charge < -0.3 is 10.6 Å². The van der Waals surface area contributed by atoms with Crippen LogP contribution in [0.2, 0.25) is 0 Å². The second kappa shape index (κ2) is 7.68. The van der Waals surface area contributed by atoms with Gasteiger partial charge in [-0.2, -0.15) is 5.10 Å². The van der Waals surface area contributed by atoms with Crippen LogP contribution in [0.5, 0.6) is 0 Å². The lowest BCUT2D eigenvalue weighted by Crippen LogP contribution is -2.38. The molecule has 0 radical (unpaired) electrons. The summed E-state index contributed by atoms with van der Waals surface area (Å²) in [4.78, 5) is 1.96. The van der Waals surface area contributed by atoms with Gasteiger partial charge in [-0.15, -0.1) is 0 Å². The van der Waals surface area contributed by atoms with Crippen molar-refractivity contribution in [2.45, 2.75) is 18.7 Å². The molecular weight excluding hydrogens is 336 g/mol. The Balaban J connectivity index is 1.58. The minimum absolute atomic E-state index is 0.224. The number of thioether (sulfide) groups is 1. The summed E-state index contributed by atoms with van der Waals surface area (Å²) in [6.45, 7) is 2.84. The fourth-order valence-electron chi connectivity index (χ4n) is 2.49. The van der Waals surface area contributed by atoms with Crippen molar-refractivity contribution in [3.8, 4) is 0 Å². The molecule has 2 aromatic rings.